The van der Waals surface area contributed by atoms with E-state index in [9.17, 15) is 38.4 Å². The highest BCUT2D eigenvalue weighted by Gasteiger charge is 2.49. The molecule has 0 unspecified atom stereocenters. The molecule has 50 heavy (non-hydrogen) atoms. The number of aliphatic carboxylic acids is 1. The minimum absolute atomic E-state index is 0.00920. The standard InChI is InChI=1S/C33H45N3O13S/c1-18(2)15-36(50(43,44)21-10-8-20(34)9-11-21)16-24(47-32-28(39)26(37)27(38)29(49-32)30(40)41)23(14-19-6-4-3-5-7-19)35-33(42)48-25-17-46-31-22(25)12-13-45-31/h3-11,18,22-29,31-32,37-39H,12-17,34H2,1-2H3,(H,35,42)(H,40,41)/t22-,23-,24+,25-,26+,27-,28-,29-,31+,32+/m0/s1. The summed E-state index contributed by atoms with van der Waals surface area (Å²) in [5.74, 6) is -1.99. The Morgan fingerprint density at radius 1 is 1.00 bits per heavy atom. The zero-order chi connectivity index (χ0) is 36.2. The Kier molecular flexibility index (Phi) is 12.3. The van der Waals surface area contributed by atoms with Gasteiger partial charge in [-0.15, -0.1) is 0 Å². The first-order chi connectivity index (χ1) is 23.7. The second-order valence-electron chi connectivity index (χ2n) is 13.1. The number of carboxylic acids is 1. The molecule has 3 heterocycles. The van der Waals surface area contributed by atoms with Crippen molar-refractivity contribution in [1.82, 2.24) is 9.62 Å². The van der Waals surface area contributed by atoms with Crippen molar-refractivity contribution in [1.29, 1.82) is 0 Å². The number of carbonyl (C=O) groups is 2. The van der Waals surface area contributed by atoms with E-state index in [4.69, 9.17) is 29.4 Å². The molecule has 3 aliphatic rings. The van der Waals surface area contributed by atoms with Crippen LogP contribution in [0.2, 0.25) is 0 Å². The van der Waals surface area contributed by atoms with E-state index >= 15 is 0 Å². The van der Waals surface area contributed by atoms with Crippen LogP contribution in [0, 0.1) is 11.8 Å². The van der Waals surface area contributed by atoms with Crippen molar-refractivity contribution in [3.8, 4) is 0 Å². The van der Waals surface area contributed by atoms with E-state index in [2.05, 4.69) is 5.32 Å². The number of benzene rings is 2. The smallest absolute Gasteiger partial charge is 0.407 e. The van der Waals surface area contributed by atoms with Gasteiger partial charge in [0.15, 0.2) is 18.7 Å². The number of carbonyl (C=O) groups excluding carboxylic acids is 1. The minimum Gasteiger partial charge on any atom is -0.479 e. The number of alkyl carbamates (subject to hydrolysis) is 1. The van der Waals surface area contributed by atoms with Crippen LogP contribution < -0.4 is 11.1 Å². The van der Waals surface area contributed by atoms with E-state index in [1.54, 1.807) is 30.3 Å². The molecular weight excluding hydrogens is 678 g/mol. The summed E-state index contributed by atoms with van der Waals surface area (Å²) < 4.78 is 57.9. The number of sulfonamides is 1. The highest BCUT2D eigenvalue weighted by molar-refractivity contribution is 7.89. The van der Waals surface area contributed by atoms with E-state index in [-0.39, 0.29) is 36.3 Å². The van der Waals surface area contributed by atoms with Crippen molar-refractivity contribution in [3.63, 3.8) is 0 Å². The van der Waals surface area contributed by atoms with Crippen LogP contribution in [0.4, 0.5) is 10.5 Å². The van der Waals surface area contributed by atoms with Gasteiger partial charge < -0.3 is 55.2 Å². The van der Waals surface area contributed by atoms with Gasteiger partial charge in [-0.3, -0.25) is 0 Å². The van der Waals surface area contributed by atoms with Gasteiger partial charge in [0.1, 0.15) is 24.4 Å². The van der Waals surface area contributed by atoms with Crippen LogP contribution in [0.5, 0.6) is 0 Å². The molecular formula is C33H45N3O13S. The van der Waals surface area contributed by atoms with Crippen molar-refractivity contribution < 1.29 is 62.1 Å². The van der Waals surface area contributed by atoms with Crippen molar-refractivity contribution in [3.05, 3.63) is 60.2 Å². The second kappa shape index (κ2) is 16.3. The molecule has 10 atom stereocenters. The fraction of sp³-hybridized carbons (Fsp3) is 0.576. The summed E-state index contributed by atoms with van der Waals surface area (Å²) in [7, 11) is -4.23. The Hall–Kier alpha value is -3.39. The molecule has 2 aromatic rings. The molecule has 5 rings (SSSR count). The molecule has 0 spiro atoms. The Morgan fingerprint density at radius 3 is 2.36 bits per heavy atom. The van der Waals surface area contributed by atoms with Gasteiger partial charge in [-0.1, -0.05) is 44.2 Å². The molecule has 16 nitrogen and oxygen atoms in total. The molecule has 7 N–H and O–H groups in total. The van der Waals surface area contributed by atoms with Crippen LogP contribution in [-0.4, -0.2) is 127 Å². The fourth-order valence-electron chi connectivity index (χ4n) is 6.28. The van der Waals surface area contributed by atoms with Crippen molar-refractivity contribution >= 4 is 27.8 Å². The highest BCUT2D eigenvalue weighted by atomic mass is 32.2. The molecule has 3 saturated heterocycles. The summed E-state index contributed by atoms with van der Waals surface area (Å²) in [4.78, 5) is 25.4. The molecule has 0 aromatic heterocycles. The van der Waals surface area contributed by atoms with Crippen LogP contribution in [0.15, 0.2) is 59.5 Å². The number of ether oxygens (including phenoxy) is 5. The molecule has 3 aliphatic heterocycles. The predicted octanol–water partition coefficient (Wildman–Crippen LogP) is 0.292. The molecule has 2 aromatic carbocycles. The maximum atomic E-state index is 14.1. The third-order valence-corrected chi connectivity index (χ3v) is 10.7. The Bertz CT molecular complexity index is 1550. The first kappa shape index (κ1) is 37.9. The number of nitrogens with zero attached hydrogens (tertiary/aromatic N) is 1. The number of carboxylic acid groups (broad SMARTS) is 1. The molecule has 0 aliphatic carbocycles. The lowest BCUT2D eigenvalue weighted by Gasteiger charge is -2.42. The normalized spacial score (nSPS) is 29.4. The number of hydrogen-bond acceptors (Lipinski definition) is 13. The van der Waals surface area contributed by atoms with E-state index in [0.717, 1.165) is 4.31 Å². The summed E-state index contributed by atoms with van der Waals surface area (Å²) >= 11 is 0. The van der Waals surface area contributed by atoms with Crippen molar-refractivity contribution in [2.45, 2.75) is 86.8 Å². The number of amides is 1. The van der Waals surface area contributed by atoms with E-state index in [0.29, 0.717) is 24.3 Å². The molecule has 0 bridgehead atoms. The molecule has 17 heteroatoms. The zero-order valence-corrected chi connectivity index (χ0v) is 28.5. The summed E-state index contributed by atoms with van der Waals surface area (Å²) in [6.45, 7) is 3.75. The summed E-state index contributed by atoms with van der Waals surface area (Å²) in [5.41, 5.74) is 6.87. The third-order valence-electron chi connectivity index (χ3n) is 8.89. The van der Waals surface area contributed by atoms with Crippen LogP contribution in [0.25, 0.3) is 0 Å². The minimum atomic E-state index is -4.23. The SMILES string of the molecule is CC(C)CN(C[C@@H](O[C@@H]1O[C@H](C(=O)O)[C@@H](O)[C@@H](O)[C@@H]1O)[C@H](Cc1ccccc1)NC(=O)O[C@H]1CO[C@H]2OCC[C@H]21)S(=O)(=O)c1ccc(N)cc1. The first-order valence-electron chi connectivity index (χ1n) is 16.4. The average molecular weight is 724 g/mol. The maximum Gasteiger partial charge on any atom is 0.407 e. The van der Waals surface area contributed by atoms with E-state index < -0.39 is 83.9 Å². The quantitative estimate of drug-likeness (QED) is 0.144. The number of nitrogens with one attached hydrogen (secondary N) is 1. The Morgan fingerprint density at radius 2 is 1.70 bits per heavy atom. The molecule has 0 saturated carbocycles. The van der Waals surface area contributed by atoms with Gasteiger partial charge in [-0.05, 0) is 48.6 Å². The lowest BCUT2D eigenvalue weighted by Crippen LogP contribution is -2.62. The summed E-state index contributed by atoms with van der Waals surface area (Å²) in [6, 6.07) is 13.4. The van der Waals surface area contributed by atoms with Gasteiger partial charge >= 0.3 is 12.1 Å². The van der Waals surface area contributed by atoms with E-state index in [1.165, 1.54) is 24.3 Å². The lowest BCUT2D eigenvalue weighted by atomic mass is 9.98. The highest BCUT2D eigenvalue weighted by Crippen LogP contribution is 2.33. The van der Waals surface area contributed by atoms with Crippen LogP contribution in [0.1, 0.15) is 25.8 Å². The Balaban J connectivity index is 1.51. The molecule has 276 valence electrons. The first-order valence-corrected chi connectivity index (χ1v) is 17.9. The third kappa shape index (κ3) is 8.90. The lowest BCUT2D eigenvalue weighted by molar-refractivity contribution is -0.306. The van der Waals surface area contributed by atoms with Crippen LogP contribution in [-0.2, 0) is 44.9 Å². The van der Waals surface area contributed by atoms with E-state index in [1.807, 2.05) is 13.8 Å². The van der Waals surface area contributed by atoms with Crippen LogP contribution in [0.3, 0.4) is 0 Å². The number of nitrogens with two attached hydrogens (primary N) is 1. The predicted molar refractivity (Wildman–Crippen MR) is 175 cm³/mol. The average Bonchev–Trinajstić information content (AvgIpc) is 3.69. The number of aliphatic hydroxyl groups is 3. The van der Waals surface area contributed by atoms with Crippen molar-refractivity contribution in [2.75, 3.05) is 32.0 Å². The molecule has 1 amide bonds. The Labute approximate surface area is 290 Å². The fourth-order valence-corrected chi connectivity index (χ4v) is 7.90. The van der Waals surface area contributed by atoms with Gasteiger partial charge in [0.25, 0.3) is 0 Å². The number of hydrogen-bond donors (Lipinski definition) is 6. The van der Waals surface area contributed by atoms with Gasteiger partial charge in [0.05, 0.1) is 36.2 Å². The van der Waals surface area contributed by atoms with Gasteiger partial charge in [0, 0.05) is 18.8 Å². The number of rotatable bonds is 14. The van der Waals surface area contributed by atoms with Gasteiger partial charge in [-0.25, -0.2) is 18.0 Å². The monoisotopic (exact) mass is 723 g/mol. The number of nitrogen functional groups attached to an aromatic ring is 1. The summed E-state index contributed by atoms with van der Waals surface area (Å²) in [6.07, 6.45) is -12.4. The molecule has 0 radical (unpaired) electrons. The number of fused-ring (bicyclic) bond motifs is 1. The van der Waals surface area contributed by atoms with Crippen LogP contribution >= 0.6 is 0 Å². The largest absolute Gasteiger partial charge is 0.479 e. The number of aliphatic hydroxyl groups excluding tert-OH is 3. The second-order valence-corrected chi connectivity index (χ2v) is 15.0. The zero-order valence-electron chi connectivity index (χ0n) is 27.7. The molecule has 3 fully saturated rings. The van der Waals surface area contributed by atoms with Gasteiger partial charge in [-0.2, -0.15) is 4.31 Å². The number of anilines is 1. The van der Waals surface area contributed by atoms with Gasteiger partial charge in [0.2, 0.25) is 10.0 Å². The van der Waals surface area contributed by atoms with Crippen molar-refractivity contribution in [2.24, 2.45) is 11.8 Å². The summed E-state index contributed by atoms with van der Waals surface area (Å²) in [5, 5.41) is 44.2. The topological polar surface area (TPSA) is 237 Å². The maximum absolute atomic E-state index is 14.1.